The van der Waals surface area contributed by atoms with E-state index < -0.39 is 5.97 Å². The molecule has 0 aromatic heterocycles. The van der Waals surface area contributed by atoms with Gasteiger partial charge in [-0.3, -0.25) is 4.79 Å². The quantitative estimate of drug-likeness (QED) is 0.777. The third-order valence-corrected chi connectivity index (χ3v) is 3.45. The van der Waals surface area contributed by atoms with Crippen LogP contribution < -0.4 is 4.74 Å². The topological polar surface area (TPSA) is 46.5 Å². The van der Waals surface area contributed by atoms with E-state index in [2.05, 4.69) is 0 Å². The van der Waals surface area contributed by atoms with Crippen molar-refractivity contribution in [3.05, 3.63) is 77.9 Å². The number of hydrogen-bond acceptors (Lipinski definition) is 2. The summed E-state index contributed by atoms with van der Waals surface area (Å²) < 4.78 is 5.56. The molecule has 0 bridgehead atoms. The largest absolute Gasteiger partial charge is 0.490 e. The Labute approximate surface area is 130 Å². The van der Waals surface area contributed by atoms with Crippen LogP contribution in [0.4, 0.5) is 0 Å². The first-order valence-electron chi connectivity index (χ1n) is 7.31. The maximum Gasteiger partial charge on any atom is 0.304 e. The molecule has 2 aromatic carbocycles. The second kappa shape index (κ2) is 8.03. The minimum absolute atomic E-state index is 0.0722. The first-order valence-corrected chi connectivity index (χ1v) is 7.31. The number of hydrogen-bond donors (Lipinski definition) is 1. The Hall–Kier alpha value is -2.55. The molecule has 0 fully saturated rings. The summed E-state index contributed by atoms with van der Waals surface area (Å²) in [6.45, 7) is 2.48. The standard InChI is InChI=1S/C19H20O3/c1-2-3-13-22-17-11-9-16(10-12-17)18(14-19(20)21)15-7-5-4-6-8-15/h2-12,18H,13-14H2,1H3,(H,20,21)/b3-2+/t18-/m0/s1. The van der Waals surface area contributed by atoms with Crippen LogP contribution in [0.1, 0.15) is 30.4 Å². The van der Waals surface area contributed by atoms with Crippen LogP contribution in [0.2, 0.25) is 0 Å². The summed E-state index contributed by atoms with van der Waals surface area (Å²) in [5.41, 5.74) is 1.99. The number of ether oxygens (including phenoxy) is 1. The van der Waals surface area contributed by atoms with Gasteiger partial charge in [0.2, 0.25) is 0 Å². The average Bonchev–Trinajstić information content (AvgIpc) is 2.54. The molecule has 0 aliphatic rings. The maximum atomic E-state index is 11.2. The Morgan fingerprint density at radius 3 is 2.32 bits per heavy atom. The number of allylic oxidation sites excluding steroid dienone is 1. The molecule has 3 heteroatoms. The highest BCUT2D eigenvalue weighted by molar-refractivity contribution is 5.69. The van der Waals surface area contributed by atoms with Crippen molar-refractivity contribution in [1.82, 2.24) is 0 Å². The van der Waals surface area contributed by atoms with Crippen molar-refractivity contribution >= 4 is 5.97 Å². The number of benzene rings is 2. The van der Waals surface area contributed by atoms with Crippen LogP contribution in [0.3, 0.4) is 0 Å². The van der Waals surface area contributed by atoms with Crippen molar-refractivity contribution in [3.8, 4) is 5.75 Å². The second-order valence-corrected chi connectivity index (χ2v) is 5.01. The van der Waals surface area contributed by atoms with Gasteiger partial charge in [0.1, 0.15) is 12.4 Å². The lowest BCUT2D eigenvalue weighted by Crippen LogP contribution is -2.08. The number of carboxylic acid groups (broad SMARTS) is 1. The van der Waals surface area contributed by atoms with Crippen molar-refractivity contribution < 1.29 is 14.6 Å². The van der Waals surface area contributed by atoms with Crippen molar-refractivity contribution in [1.29, 1.82) is 0 Å². The van der Waals surface area contributed by atoms with E-state index in [4.69, 9.17) is 4.74 Å². The van der Waals surface area contributed by atoms with Crippen LogP contribution in [-0.4, -0.2) is 17.7 Å². The molecule has 114 valence electrons. The highest BCUT2D eigenvalue weighted by Gasteiger charge is 2.17. The SMILES string of the molecule is C/C=C/COc1ccc([C@@H](CC(=O)O)c2ccccc2)cc1. The summed E-state index contributed by atoms with van der Waals surface area (Å²) in [6.07, 6.45) is 3.95. The molecule has 0 radical (unpaired) electrons. The van der Waals surface area contributed by atoms with Crippen LogP contribution in [0.15, 0.2) is 66.7 Å². The van der Waals surface area contributed by atoms with Crippen LogP contribution in [0, 0.1) is 0 Å². The summed E-state index contributed by atoms with van der Waals surface area (Å²) in [4.78, 5) is 11.2. The third-order valence-electron chi connectivity index (χ3n) is 3.45. The summed E-state index contributed by atoms with van der Waals surface area (Å²) in [5, 5.41) is 9.17. The van der Waals surface area contributed by atoms with Gasteiger partial charge in [-0.2, -0.15) is 0 Å². The molecule has 0 heterocycles. The maximum absolute atomic E-state index is 11.2. The van der Waals surface area contributed by atoms with Gasteiger partial charge < -0.3 is 9.84 Å². The normalized spacial score (nSPS) is 12.2. The minimum atomic E-state index is -0.803. The predicted molar refractivity (Wildman–Crippen MR) is 87.3 cm³/mol. The Morgan fingerprint density at radius 1 is 1.09 bits per heavy atom. The van der Waals surface area contributed by atoms with Crippen molar-refractivity contribution in [3.63, 3.8) is 0 Å². The monoisotopic (exact) mass is 296 g/mol. The van der Waals surface area contributed by atoms with E-state index in [0.717, 1.165) is 16.9 Å². The van der Waals surface area contributed by atoms with Gasteiger partial charge in [-0.05, 0) is 30.2 Å². The number of aliphatic carboxylic acids is 1. The molecule has 0 saturated heterocycles. The molecule has 2 rings (SSSR count). The van der Waals surface area contributed by atoms with Gasteiger partial charge in [-0.25, -0.2) is 0 Å². The molecule has 1 atom stereocenters. The summed E-state index contributed by atoms with van der Waals surface area (Å²) in [7, 11) is 0. The Morgan fingerprint density at radius 2 is 1.73 bits per heavy atom. The van der Waals surface area contributed by atoms with E-state index in [1.807, 2.05) is 73.7 Å². The van der Waals surface area contributed by atoms with Crippen LogP contribution in [0.5, 0.6) is 5.75 Å². The van der Waals surface area contributed by atoms with Gasteiger partial charge in [0.05, 0.1) is 6.42 Å². The molecular weight excluding hydrogens is 276 g/mol. The molecule has 1 N–H and O–H groups in total. The molecule has 0 amide bonds. The van der Waals surface area contributed by atoms with Gasteiger partial charge >= 0.3 is 5.97 Å². The van der Waals surface area contributed by atoms with E-state index >= 15 is 0 Å². The molecular formula is C19H20O3. The molecule has 0 unspecified atom stereocenters. The number of carbonyl (C=O) groups is 1. The number of carboxylic acids is 1. The minimum Gasteiger partial charge on any atom is -0.490 e. The average molecular weight is 296 g/mol. The van der Waals surface area contributed by atoms with E-state index in [0.29, 0.717) is 6.61 Å². The van der Waals surface area contributed by atoms with Gasteiger partial charge in [-0.1, -0.05) is 54.6 Å². The van der Waals surface area contributed by atoms with Gasteiger partial charge in [0.15, 0.2) is 0 Å². The van der Waals surface area contributed by atoms with Crippen LogP contribution in [-0.2, 0) is 4.79 Å². The Kier molecular flexibility index (Phi) is 5.78. The summed E-state index contributed by atoms with van der Waals surface area (Å²) >= 11 is 0. The van der Waals surface area contributed by atoms with E-state index in [9.17, 15) is 9.90 Å². The van der Waals surface area contributed by atoms with Crippen LogP contribution >= 0.6 is 0 Å². The van der Waals surface area contributed by atoms with Crippen molar-refractivity contribution in [2.45, 2.75) is 19.3 Å². The lowest BCUT2D eigenvalue weighted by molar-refractivity contribution is -0.137. The molecule has 0 aliphatic heterocycles. The summed E-state index contributed by atoms with van der Waals surface area (Å²) in [5.74, 6) is -0.172. The zero-order valence-electron chi connectivity index (χ0n) is 12.6. The lowest BCUT2D eigenvalue weighted by atomic mass is 9.88. The van der Waals surface area contributed by atoms with Gasteiger partial charge in [0.25, 0.3) is 0 Å². The highest BCUT2D eigenvalue weighted by Crippen LogP contribution is 2.29. The van der Waals surface area contributed by atoms with E-state index in [1.54, 1.807) is 0 Å². The predicted octanol–water partition coefficient (Wildman–Crippen LogP) is 4.25. The second-order valence-electron chi connectivity index (χ2n) is 5.01. The van der Waals surface area contributed by atoms with E-state index in [1.165, 1.54) is 0 Å². The Balaban J connectivity index is 2.19. The number of rotatable bonds is 7. The van der Waals surface area contributed by atoms with Crippen molar-refractivity contribution in [2.75, 3.05) is 6.61 Å². The fraction of sp³-hybridized carbons (Fsp3) is 0.211. The lowest BCUT2D eigenvalue weighted by Gasteiger charge is -2.16. The molecule has 0 spiro atoms. The van der Waals surface area contributed by atoms with E-state index in [-0.39, 0.29) is 12.3 Å². The molecule has 0 aliphatic carbocycles. The zero-order chi connectivity index (χ0) is 15.8. The molecule has 2 aromatic rings. The first kappa shape index (κ1) is 15.8. The van der Waals surface area contributed by atoms with Gasteiger partial charge in [0, 0.05) is 5.92 Å². The van der Waals surface area contributed by atoms with Crippen molar-refractivity contribution in [2.24, 2.45) is 0 Å². The summed E-state index contributed by atoms with van der Waals surface area (Å²) in [6, 6.07) is 17.4. The first-order chi connectivity index (χ1) is 10.7. The highest BCUT2D eigenvalue weighted by atomic mass is 16.5. The fourth-order valence-corrected chi connectivity index (χ4v) is 2.33. The molecule has 0 saturated carbocycles. The molecule has 22 heavy (non-hydrogen) atoms. The Bertz CT molecular complexity index is 615. The van der Waals surface area contributed by atoms with Gasteiger partial charge in [-0.15, -0.1) is 0 Å². The molecule has 3 nitrogen and oxygen atoms in total. The smallest absolute Gasteiger partial charge is 0.304 e. The fourth-order valence-electron chi connectivity index (χ4n) is 2.33. The van der Waals surface area contributed by atoms with Crippen LogP contribution in [0.25, 0.3) is 0 Å². The zero-order valence-corrected chi connectivity index (χ0v) is 12.6. The third kappa shape index (κ3) is 4.48.